The van der Waals surface area contributed by atoms with E-state index < -0.39 is 0 Å². The fourth-order valence-corrected chi connectivity index (χ4v) is 1.35. The van der Waals surface area contributed by atoms with Crippen LogP contribution in [0.2, 0.25) is 0 Å². The van der Waals surface area contributed by atoms with E-state index in [9.17, 15) is 4.79 Å². The molecule has 0 unspecified atom stereocenters. The second kappa shape index (κ2) is 3.61. The third-order valence-corrected chi connectivity index (χ3v) is 2.05. The molecule has 1 aromatic rings. The van der Waals surface area contributed by atoms with Crippen molar-refractivity contribution in [2.45, 2.75) is 6.42 Å². The van der Waals surface area contributed by atoms with Gasteiger partial charge in [-0.25, -0.2) is 4.98 Å². The zero-order chi connectivity index (χ0) is 9.97. The summed E-state index contributed by atoms with van der Waals surface area (Å²) in [6, 6.07) is 0. The molecule has 0 spiro atoms. The second-order valence-electron chi connectivity index (χ2n) is 2.90. The molecule has 5 heteroatoms. The Bertz CT molecular complexity index is 404. The number of fused-ring (bicyclic) bond motifs is 1. The van der Waals surface area contributed by atoms with Gasteiger partial charge in [0, 0.05) is 11.2 Å². The van der Waals surface area contributed by atoms with Crippen molar-refractivity contribution in [2.75, 3.05) is 7.11 Å². The molecule has 0 aromatic carbocycles. The lowest BCUT2D eigenvalue weighted by molar-refractivity contribution is -0.139. The number of methoxy groups -OCH3 is 1. The number of carbonyl (C=O) groups excluding carboxylic acids is 1. The van der Waals surface area contributed by atoms with E-state index >= 15 is 0 Å². The topological polar surface area (TPSA) is 52.1 Å². The maximum atomic E-state index is 11.1. The summed E-state index contributed by atoms with van der Waals surface area (Å²) in [6.45, 7) is 0. The van der Waals surface area contributed by atoms with Crippen molar-refractivity contribution in [3.63, 3.8) is 0 Å². The highest BCUT2D eigenvalue weighted by molar-refractivity contribution is 6.61. The fraction of sp³-hybridized carbons (Fsp3) is 0.222. The van der Waals surface area contributed by atoms with Crippen LogP contribution < -0.4 is 5.59 Å². The number of rotatable bonds is 2. The van der Waals surface area contributed by atoms with Crippen molar-refractivity contribution >= 4 is 24.9 Å². The van der Waals surface area contributed by atoms with Crippen LogP contribution in [0.4, 0.5) is 0 Å². The largest absolute Gasteiger partial charge is 0.469 e. The molecule has 2 rings (SSSR count). The lowest BCUT2D eigenvalue weighted by Crippen LogP contribution is -2.20. The van der Waals surface area contributed by atoms with Crippen LogP contribution in [0.3, 0.4) is 0 Å². The molecule has 1 aliphatic rings. The predicted molar refractivity (Wildman–Crippen MR) is 52.2 cm³/mol. The Balaban J connectivity index is 2.30. The number of esters is 1. The van der Waals surface area contributed by atoms with Crippen LogP contribution in [0.25, 0.3) is 6.08 Å². The van der Waals surface area contributed by atoms with Crippen molar-refractivity contribution in [1.29, 1.82) is 0 Å². The van der Waals surface area contributed by atoms with E-state index in [1.54, 1.807) is 0 Å². The van der Waals surface area contributed by atoms with Crippen molar-refractivity contribution in [3.05, 3.63) is 23.6 Å². The molecule has 0 fully saturated rings. The molecule has 0 N–H and O–H groups in total. The summed E-state index contributed by atoms with van der Waals surface area (Å²) in [5.41, 5.74) is 2.49. The first-order chi connectivity index (χ1) is 6.81. The number of carbonyl (C=O) groups is 1. The van der Waals surface area contributed by atoms with E-state index in [2.05, 4.69) is 14.7 Å². The molecule has 4 nitrogen and oxygen atoms in total. The fourth-order valence-electron chi connectivity index (χ4n) is 1.35. The van der Waals surface area contributed by atoms with Crippen LogP contribution in [-0.2, 0) is 16.0 Å². The van der Waals surface area contributed by atoms with Crippen LogP contribution in [0.15, 0.2) is 12.3 Å². The molecule has 0 saturated carbocycles. The van der Waals surface area contributed by atoms with E-state index in [1.165, 1.54) is 13.4 Å². The van der Waals surface area contributed by atoms with E-state index in [1.807, 2.05) is 19.3 Å². The first kappa shape index (κ1) is 8.93. The zero-order valence-electron chi connectivity index (χ0n) is 7.73. The van der Waals surface area contributed by atoms with Gasteiger partial charge in [0.2, 0.25) is 7.28 Å². The van der Waals surface area contributed by atoms with E-state index in [4.69, 9.17) is 0 Å². The Morgan fingerprint density at radius 2 is 2.43 bits per heavy atom. The van der Waals surface area contributed by atoms with Gasteiger partial charge in [0.05, 0.1) is 19.2 Å². The summed E-state index contributed by atoms with van der Waals surface area (Å²) in [5, 5.41) is 0. The minimum Gasteiger partial charge on any atom is -0.469 e. The molecule has 1 aliphatic heterocycles. The molecule has 69 valence electrons. The first-order valence-electron chi connectivity index (χ1n) is 4.23. The highest BCUT2D eigenvalue weighted by Crippen LogP contribution is 2.09. The Kier molecular flexibility index (Phi) is 2.31. The monoisotopic (exact) mass is 187 g/mol. The summed E-state index contributed by atoms with van der Waals surface area (Å²) in [4.78, 5) is 19.2. The predicted octanol–water partition coefficient (Wildman–Crippen LogP) is -0.494. The van der Waals surface area contributed by atoms with Crippen LogP contribution in [0, 0.1) is 0 Å². The van der Waals surface area contributed by atoms with E-state index in [0.29, 0.717) is 5.69 Å². The van der Waals surface area contributed by atoms with Gasteiger partial charge in [-0.05, 0) is 0 Å². The molecule has 0 saturated heterocycles. The number of hydrogen-bond donors (Lipinski definition) is 0. The average molecular weight is 187 g/mol. The summed E-state index contributed by atoms with van der Waals surface area (Å²) in [6.07, 6.45) is 3.55. The minimum atomic E-state index is -0.286. The van der Waals surface area contributed by atoms with Gasteiger partial charge in [-0.2, -0.15) is 0 Å². The minimum absolute atomic E-state index is 0.194. The van der Waals surface area contributed by atoms with Crippen molar-refractivity contribution in [3.8, 4) is 0 Å². The van der Waals surface area contributed by atoms with Crippen LogP contribution in [0.5, 0.6) is 0 Å². The highest BCUT2D eigenvalue weighted by atomic mass is 16.5. The first-order valence-corrected chi connectivity index (χ1v) is 4.23. The lowest BCUT2D eigenvalue weighted by Gasteiger charge is -2.04. The summed E-state index contributed by atoms with van der Waals surface area (Å²) < 4.78 is 4.58. The molecule has 0 atom stereocenters. The molecular weight excluding hydrogens is 179 g/mol. The molecule has 0 amide bonds. The van der Waals surface area contributed by atoms with Gasteiger partial charge in [0.1, 0.15) is 6.33 Å². The molecular formula is C9H8BN2O2. The second-order valence-corrected chi connectivity index (χ2v) is 2.90. The Hall–Kier alpha value is -1.65. The van der Waals surface area contributed by atoms with Gasteiger partial charge in [0.15, 0.2) is 0 Å². The Morgan fingerprint density at radius 3 is 3.21 bits per heavy atom. The molecule has 0 bridgehead atoms. The van der Waals surface area contributed by atoms with Gasteiger partial charge in [0.25, 0.3) is 0 Å². The van der Waals surface area contributed by atoms with Gasteiger partial charge < -0.3 is 4.74 Å². The number of nitrogens with zero attached hydrogens (tertiary/aromatic N) is 2. The van der Waals surface area contributed by atoms with Crippen molar-refractivity contribution in [2.24, 2.45) is 0 Å². The molecule has 1 aromatic heterocycles. The SMILES string of the molecule is COC(=O)Cc1ncnc2c1C=C[B]2. The molecule has 2 heterocycles. The lowest BCUT2D eigenvalue weighted by atomic mass is 9.77. The van der Waals surface area contributed by atoms with Crippen molar-refractivity contribution in [1.82, 2.24) is 9.97 Å². The Labute approximate surface area is 82.3 Å². The smallest absolute Gasteiger partial charge is 0.311 e. The maximum absolute atomic E-state index is 11.1. The van der Waals surface area contributed by atoms with Crippen LogP contribution in [-0.4, -0.2) is 30.3 Å². The third kappa shape index (κ3) is 1.53. The molecule has 14 heavy (non-hydrogen) atoms. The van der Waals surface area contributed by atoms with E-state index in [0.717, 1.165) is 11.2 Å². The third-order valence-electron chi connectivity index (χ3n) is 2.05. The Morgan fingerprint density at radius 1 is 1.57 bits per heavy atom. The van der Waals surface area contributed by atoms with Gasteiger partial charge >= 0.3 is 5.97 Å². The number of aromatic nitrogens is 2. The zero-order valence-corrected chi connectivity index (χ0v) is 7.73. The van der Waals surface area contributed by atoms with Gasteiger partial charge in [-0.15, -0.1) is 5.98 Å². The van der Waals surface area contributed by atoms with E-state index in [-0.39, 0.29) is 12.4 Å². The molecule has 0 aliphatic carbocycles. The van der Waals surface area contributed by atoms with Crippen molar-refractivity contribution < 1.29 is 9.53 Å². The number of hydrogen-bond acceptors (Lipinski definition) is 4. The van der Waals surface area contributed by atoms with Crippen LogP contribution in [0.1, 0.15) is 11.3 Å². The van der Waals surface area contributed by atoms with Gasteiger partial charge in [-0.3, -0.25) is 9.78 Å². The summed E-state index contributed by atoms with van der Waals surface area (Å²) >= 11 is 0. The quantitative estimate of drug-likeness (QED) is 0.462. The standard InChI is InChI=1S/C9H8BN2O2/c1-14-8(13)4-7-6-2-3-10-9(6)12-5-11-7/h2-3,5H,4H2,1H3. The normalized spacial score (nSPS) is 12.1. The van der Waals surface area contributed by atoms with Crippen LogP contribution >= 0.6 is 0 Å². The highest BCUT2D eigenvalue weighted by Gasteiger charge is 2.15. The van der Waals surface area contributed by atoms with Gasteiger partial charge in [-0.1, -0.05) is 6.08 Å². The summed E-state index contributed by atoms with van der Waals surface area (Å²) in [5.74, 6) is 1.60. The number of ether oxygens (including phenoxy) is 1. The maximum Gasteiger partial charge on any atom is 0.311 e. The summed E-state index contributed by atoms with van der Waals surface area (Å²) in [7, 11) is 3.25. The average Bonchev–Trinajstić information content (AvgIpc) is 2.66. The molecule has 1 radical (unpaired) electrons.